The number of ether oxygens (including phenoxy) is 2. The molecule has 0 aromatic carbocycles. The number of nitrogens with two attached hydrogens (primary N) is 1. The molecule has 136 valence electrons. The van der Waals surface area contributed by atoms with E-state index in [0.717, 1.165) is 0 Å². The lowest BCUT2D eigenvalue weighted by atomic mass is 10.2. The molecule has 2 aromatic rings. The molecule has 2 heterocycles. The van der Waals surface area contributed by atoms with Crippen LogP contribution in [-0.2, 0) is 11.3 Å². The maximum atomic E-state index is 11.4. The summed E-state index contributed by atoms with van der Waals surface area (Å²) in [6, 6.07) is 10.2. The molecule has 0 aliphatic rings. The number of methoxy groups -OCH3 is 1. The summed E-state index contributed by atoms with van der Waals surface area (Å²) in [7, 11) is 1.51. The number of hydrogen-bond acceptors (Lipinski definition) is 7. The lowest BCUT2D eigenvalue weighted by Crippen LogP contribution is -2.27. The second-order valence-electron chi connectivity index (χ2n) is 5.90. The van der Waals surface area contributed by atoms with Crippen LogP contribution in [0.1, 0.15) is 26.5 Å². The fourth-order valence-corrected chi connectivity index (χ4v) is 1.59. The third-order valence-electron chi connectivity index (χ3n) is 2.55. The molecule has 0 saturated carbocycles. The van der Waals surface area contributed by atoms with Gasteiger partial charge in [-0.15, -0.1) is 0 Å². The largest absolute Gasteiger partial charge is 0.481 e. The molecular formula is C17H24N4O4. The summed E-state index contributed by atoms with van der Waals surface area (Å²) in [5.41, 5.74) is 5.39. The highest BCUT2D eigenvalue weighted by Crippen LogP contribution is 2.13. The number of nitrogen functional groups attached to an aromatic ring is 1. The number of amides is 1. The third-order valence-corrected chi connectivity index (χ3v) is 2.55. The summed E-state index contributed by atoms with van der Waals surface area (Å²) in [4.78, 5) is 19.3. The molecule has 0 aliphatic heterocycles. The van der Waals surface area contributed by atoms with Gasteiger partial charge in [0.1, 0.15) is 17.2 Å². The molecule has 2 aromatic heterocycles. The molecule has 0 unspecified atom stereocenters. The number of carbonyl (C=O) groups is 1. The minimum absolute atomic E-state index is 0.0506. The Balaban J connectivity index is 0.000000293. The van der Waals surface area contributed by atoms with Gasteiger partial charge in [0, 0.05) is 6.07 Å². The van der Waals surface area contributed by atoms with Crippen LogP contribution in [-0.4, -0.2) is 33.9 Å². The van der Waals surface area contributed by atoms with Crippen LogP contribution in [0, 0.1) is 0 Å². The number of anilines is 2. The zero-order valence-corrected chi connectivity index (χ0v) is 14.8. The van der Waals surface area contributed by atoms with Gasteiger partial charge in [-0.1, -0.05) is 12.1 Å². The van der Waals surface area contributed by atoms with Crippen molar-refractivity contribution in [1.29, 1.82) is 0 Å². The van der Waals surface area contributed by atoms with Crippen LogP contribution in [0.5, 0.6) is 5.88 Å². The first-order valence-electron chi connectivity index (χ1n) is 7.57. The predicted octanol–water partition coefficient (Wildman–Crippen LogP) is 2.59. The number of nitrogens with zero attached hydrogens (tertiary/aromatic N) is 2. The summed E-state index contributed by atoms with van der Waals surface area (Å²) in [6.45, 7) is 5.34. The molecule has 8 nitrogen and oxygen atoms in total. The van der Waals surface area contributed by atoms with Crippen LogP contribution in [0.2, 0.25) is 0 Å². The van der Waals surface area contributed by atoms with E-state index in [9.17, 15) is 4.79 Å². The van der Waals surface area contributed by atoms with Crippen LogP contribution >= 0.6 is 0 Å². The summed E-state index contributed by atoms with van der Waals surface area (Å²) in [5, 5.41) is 11.1. The van der Waals surface area contributed by atoms with Crippen molar-refractivity contribution < 1.29 is 19.4 Å². The standard InChI is InChI=1S/C11H16N2O3.C6H8N2O/c1-11(2,3)16-10(14)13-8-6-5-7-9(12-8)15-4;7-6-3-1-2-5(4-9)8-6/h5-7H,1-4H3,(H,12,13,14);1-3,9H,4H2,(H2,7,8). The Morgan fingerprint density at radius 2 is 1.88 bits per heavy atom. The molecule has 4 N–H and O–H groups in total. The molecule has 0 radical (unpaired) electrons. The minimum atomic E-state index is -0.534. The quantitative estimate of drug-likeness (QED) is 0.780. The number of carbonyl (C=O) groups excluding carboxylic acids is 1. The Labute approximate surface area is 147 Å². The molecule has 0 saturated heterocycles. The molecule has 25 heavy (non-hydrogen) atoms. The number of aliphatic hydroxyl groups is 1. The van der Waals surface area contributed by atoms with Crippen molar-refractivity contribution in [2.24, 2.45) is 0 Å². The summed E-state index contributed by atoms with van der Waals surface area (Å²) in [6.07, 6.45) is -0.534. The minimum Gasteiger partial charge on any atom is -0.481 e. The van der Waals surface area contributed by atoms with E-state index in [1.54, 1.807) is 57.2 Å². The van der Waals surface area contributed by atoms with Crippen molar-refractivity contribution in [1.82, 2.24) is 9.97 Å². The zero-order chi connectivity index (χ0) is 18.9. The van der Waals surface area contributed by atoms with Crippen molar-refractivity contribution in [3.05, 3.63) is 42.1 Å². The lowest BCUT2D eigenvalue weighted by Gasteiger charge is -2.19. The van der Waals surface area contributed by atoms with Gasteiger partial charge in [-0.3, -0.25) is 5.32 Å². The first-order chi connectivity index (χ1) is 11.7. The van der Waals surface area contributed by atoms with Gasteiger partial charge in [0.25, 0.3) is 0 Å². The molecular weight excluding hydrogens is 324 g/mol. The highest BCUT2D eigenvalue weighted by Gasteiger charge is 2.16. The topological polar surface area (TPSA) is 120 Å². The fourth-order valence-electron chi connectivity index (χ4n) is 1.59. The average Bonchev–Trinajstić information content (AvgIpc) is 2.53. The Morgan fingerprint density at radius 3 is 2.40 bits per heavy atom. The highest BCUT2D eigenvalue weighted by atomic mass is 16.6. The van der Waals surface area contributed by atoms with E-state index in [0.29, 0.717) is 23.2 Å². The number of hydrogen-bond donors (Lipinski definition) is 3. The van der Waals surface area contributed by atoms with Gasteiger partial charge in [0.05, 0.1) is 19.4 Å². The van der Waals surface area contributed by atoms with Crippen molar-refractivity contribution in [3.63, 3.8) is 0 Å². The van der Waals surface area contributed by atoms with Gasteiger partial charge in [-0.25, -0.2) is 9.78 Å². The zero-order valence-electron chi connectivity index (χ0n) is 14.8. The highest BCUT2D eigenvalue weighted by molar-refractivity contribution is 5.83. The van der Waals surface area contributed by atoms with Crippen LogP contribution < -0.4 is 15.8 Å². The van der Waals surface area contributed by atoms with E-state index in [1.165, 1.54) is 7.11 Å². The van der Waals surface area contributed by atoms with Gasteiger partial charge in [-0.2, -0.15) is 4.98 Å². The van der Waals surface area contributed by atoms with E-state index in [2.05, 4.69) is 15.3 Å². The molecule has 0 spiro atoms. The van der Waals surface area contributed by atoms with Gasteiger partial charge in [0.15, 0.2) is 0 Å². The Bertz CT molecular complexity index is 686. The Hall–Kier alpha value is -2.87. The maximum Gasteiger partial charge on any atom is 0.413 e. The molecule has 8 heteroatoms. The number of aliphatic hydroxyl groups excluding tert-OH is 1. The molecule has 1 amide bonds. The predicted molar refractivity (Wildman–Crippen MR) is 95.2 cm³/mol. The maximum absolute atomic E-state index is 11.4. The lowest BCUT2D eigenvalue weighted by molar-refractivity contribution is 0.0635. The molecule has 0 atom stereocenters. The number of pyridine rings is 2. The average molecular weight is 348 g/mol. The van der Waals surface area contributed by atoms with Crippen molar-refractivity contribution in [3.8, 4) is 5.88 Å². The normalized spacial score (nSPS) is 10.3. The SMILES string of the molecule is COc1cccc(NC(=O)OC(C)(C)C)n1.Nc1cccc(CO)n1. The summed E-state index contributed by atoms with van der Waals surface area (Å²) in [5.74, 6) is 1.28. The van der Waals surface area contributed by atoms with Gasteiger partial charge in [-0.05, 0) is 39.0 Å². The van der Waals surface area contributed by atoms with E-state index in [1.807, 2.05) is 0 Å². The smallest absolute Gasteiger partial charge is 0.413 e. The molecule has 0 bridgehead atoms. The van der Waals surface area contributed by atoms with Crippen LogP contribution in [0.15, 0.2) is 36.4 Å². The summed E-state index contributed by atoms with van der Waals surface area (Å²) < 4.78 is 10.0. The molecule has 0 fully saturated rings. The summed E-state index contributed by atoms with van der Waals surface area (Å²) >= 11 is 0. The fraction of sp³-hybridized carbons (Fsp3) is 0.353. The van der Waals surface area contributed by atoms with E-state index in [4.69, 9.17) is 20.3 Å². The second kappa shape index (κ2) is 9.43. The first-order valence-corrected chi connectivity index (χ1v) is 7.57. The van der Waals surface area contributed by atoms with Crippen molar-refractivity contribution in [2.75, 3.05) is 18.2 Å². The van der Waals surface area contributed by atoms with Crippen molar-refractivity contribution in [2.45, 2.75) is 33.0 Å². The monoisotopic (exact) mass is 348 g/mol. The first kappa shape index (κ1) is 20.2. The van der Waals surface area contributed by atoms with E-state index < -0.39 is 11.7 Å². The van der Waals surface area contributed by atoms with Gasteiger partial charge < -0.3 is 20.3 Å². The van der Waals surface area contributed by atoms with Gasteiger partial charge >= 0.3 is 6.09 Å². The van der Waals surface area contributed by atoms with Crippen LogP contribution in [0.4, 0.5) is 16.4 Å². The molecule has 2 rings (SSSR count). The number of nitrogens with one attached hydrogen (secondary N) is 1. The Morgan fingerprint density at radius 1 is 1.20 bits per heavy atom. The third kappa shape index (κ3) is 8.52. The Kier molecular flexibility index (Phi) is 7.61. The van der Waals surface area contributed by atoms with Crippen LogP contribution in [0.25, 0.3) is 0 Å². The van der Waals surface area contributed by atoms with Crippen LogP contribution in [0.3, 0.4) is 0 Å². The molecule has 0 aliphatic carbocycles. The number of rotatable bonds is 3. The number of aromatic nitrogens is 2. The van der Waals surface area contributed by atoms with Crippen molar-refractivity contribution >= 4 is 17.7 Å². The van der Waals surface area contributed by atoms with E-state index in [-0.39, 0.29) is 6.61 Å². The van der Waals surface area contributed by atoms with E-state index >= 15 is 0 Å². The second-order valence-corrected chi connectivity index (χ2v) is 5.90. The van der Waals surface area contributed by atoms with Gasteiger partial charge in [0.2, 0.25) is 5.88 Å².